The number of benzene rings is 1. The van der Waals surface area contributed by atoms with E-state index in [-0.39, 0.29) is 49.6 Å². The van der Waals surface area contributed by atoms with Crippen LogP contribution >= 0.6 is 0 Å². The van der Waals surface area contributed by atoms with Crippen LogP contribution in [0.15, 0.2) is 29.1 Å². The fourth-order valence-electron chi connectivity index (χ4n) is 4.82. The third kappa shape index (κ3) is 8.72. The molecular weight excluding hydrogens is 582 g/mol. The van der Waals surface area contributed by atoms with Crippen molar-refractivity contribution in [2.45, 2.75) is 38.6 Å². The van der Waals surface area contributed by atoms with Crippen LogP contribution in [0.1, 0.15) is 43.4 Å². The van der Waals surface area contributed by atoms with E-state index in [0.717, 1.165) is 5.56 Å². The summed E-state index contributed by atoms with van der Waals surface area (Å²) in [6.07, 6.45) is 0.551. The minimum absolute atomic E-state index is 0.0928. The molecule has 0 fully saturated rings. The summed E-state index contributed by atoms with van der Waals surface area (Å²) in [7, 11) is 4.55. The van der Waals surface area contributed by atoms with Gasteiger partial charge in [-0.05, 0) is 47.7 Å². The summed E-state index contributed by atoms with van der Waals surface area (Å²) in [6.45, 7) is 0.688. The zero-order valence-electron chi connectivity index (χ0n) is 24.9. The van der Waals surface area contributed by atoms with Crippen LogP contribution in [0, 0.1) is 10.1 Å². The summed E-state index contributed by atoms with van der Waals surface area (Å²) < 4.78 is 26.7. The first-order valence-corrected chi connectivity index (χ1v) is 13.7. The molecule has 1 amide bonds. The molecule has 0 bridgehead atoms. The van der Waals surface area contributed by atoms with Crippen LogP contribution in [-0.2, 0) is 35.1 Å². The number of carbonyl (C=O) groups excluding carboxylic acids is 3. The van der Waals surface area contributed by atoms with Gasteiger partial charge in [-0.15, -0.1) is 10.1 Å². The van der Waals surface area contributed by atoms with Gasteiger partial charge in [0.25, 0.3) is 5.09 Å². The number of nitrogens with one attached hydrogen (secondary N) is 2. The number of methoxy groups -OCH3 is 3. The number of esters is 2. The van der Waals surface area contributed by atoms with Crippen molar-refractivity contribution in [3.63, 3.8) is 0 Å². The van der Waals surface area contributed by atoms with E-state index in [1.54, 1.807) is 12.1 Å². The highest BCUT2D eigenvalue weighted by Gasteiger charge is 2.29. The van der Waals surface area contributed by atoms with Crippen molar-refractivity contribution in [3.05, 3.63) is 55.7 Å². The largest absolute Gasteiger partial charge is 0.493 e. The van der Waals surface area contributed by atoms with Crippen molar-refractivity contribution in [2.75, 3.05) is 53.0 Å². The number of hydrogen-bond donors (Lipinski definition) is 2. The number of ether oxygens (including phenoxy) is 5. The zero-order chi connectivity index (χ0) is 32.2. The quantitative estimate of drug-likeness (QED) is 0.128. The van der Waals surface area contributed by atoms with Crippen molar-refractivity contribution in [1.29, 1.82) is 0 Å². The molecule has 0 saturated carbocycles. The molecular formula is C29H35N3O12. The molecule has 0 unspecified atom stereocenters. The molecule has 0 spiro atoms. The number of amides is 1. The third-order valence-electron chi connectivity index (χ3n) is 6.67. The highest BCUT2D eigenvalue weighted by Crippen LogP contribution is 2.50. The fourth-order valence-corrected chi connectivity index (χ4v) is 4.82. The van der Waals surface area contributed by atoms with Crippen LogP contribution in [0.5, 0.6) is 17.2 Å². The van der Waals surface area contributed by atoms with Gasteiger partial charge in [0.2, 0.25) is 17.1 Å². The van der Waals surface area contributed by atoms with Gasteiger partial charge in [0, 0.05) is 19.0 Å². The lowest BCUT2D eigenvalue weighted by Crippen LogP contribution is -2.26. The molecule has 1 aliphatic carbocycles. The van der Waals surface area contributed by atoms with E-state index in [2.05, 4.69) is 15.5 Å². The molecule has 2 N–H and O–H groups in total. The SMILES string of the molecule is COc1cc2c(c(OC)c1OC)-c1ccc(NCCOC(=O)CCC(=O)OCCO[N+](=O)[O-])c(=O)cc1[C@@H](NC(C)=O)CC2. The Kier molecular flexibility index (Phi) is 12.1. The first-order valence-electron chi connectivity index (χ1n) is 13.7. The van der Waals surface area contributed by atoms with Crippen molar-refractivity contribution >= 4 is 23.5 Å². The van der Waals surface area contributed by atoms with Crippen molar-refractivity contribution < 1.29 is 48.0 Å². The van der Waals surface area contributed by atoms with E-state index >= 15 is 0 Å². The molecule has 0 saturated heterocycles. The summed E-state index contributed by atoms with van der Waals surface area (Å²) in [5.41, 5.74) is 2.76. The molecule has 2 aromatic rings. The fraction of sp³-hybridized carbons (Fsp3) is 0.448. The number of carbonyl (C=O) groups is 3. The number of fused-ring (bicyclic) bond motifs is 3. The van der Waals surface area contributed by atoms with E-state index in [1.807, 2.05) is 6.07 Å². The number of rotatable bonds is 15. The summed E-state index contributed by atoms with van der Waals surface area (Å²) in [4.78, 5) is 63.1. The molecule has 0 aliphatic heterocycles. The number of aryl methyl sites for hydroxylation is 1. The number of nitrogens with zero attached hydrogens (tertiary/aromatic N) is 1. The van der Waals surface area contributed by atoms with Crippen molar-refractivity contribution in [1.82, 2.24) is 5.32 Å². The Morgan fingerprint density at radius 1 is 0.955 bits per heavy atom. The van der Waals surface area contributed by atoms with Crippen LogP contribution < -0.4 is 30.3 Å². The molecule has 0 radical (unpaired) electrons. The molecule has 0 heterocycles. The minimum atomic E-state index is -1.01. The molecule has 15 nitrogen and oxygen atoms in total. The first-order chi connectivity index (χ1) is 21.1. The number of anilines is 1. The number of hydrogen-bond acceptors (Lipinski definition) is 13. The van der Waals surface area contributed by atoms with E-state index in [1.165, 1.54) is 34.3 Å². The maximum atomic E-state index is 13.3. The Labute approximate surface area is 252 Å². The van der Waals surface area contributed by atoms with E-state index in [0.29, 0.717) is 46.8 Å². The average Bonchev–Trinajstić information content (AvgIpc) is 3.23. The second-order valence-corrected chi connectivity index (χ2v) is 9.52. The highest BCUT2D eigenvalue weighted by molar-refractivity contribution is 5.84. The lowest BCUT2D eigenvalue weighted by molar-refractivity contribution is -0.757. The van der Waals surface area contributed by atoms with Crippen molar-refractivity contribution in [3.8, 4) is 28.4 Å². The van der Waals surface area contributed by atoms with E-state index in [4.69, 9.17) is 23.7 Å². The molecule has 2 aromatic carbocycles. The Hall–Kier alpha value is -5.08. The summed E-state index contributed by atoms with van der Waals surface area (Å²) in [5, 5.41) is 15.0. The summed E-state index contributed by atoms with van der Waals surface area (Å²) in [6, 6.07) is 6.24. The molecule has 1 aliphatic rings. The highest BCUT2D eigenvalue weighted by atomic mass is 17.0. The second-order valence-electron chi connectivity index (χ2n) is 9.52. The molecule has 1 atom stereocenters. The summed E-state index contributed by atoms with van der Waals surface area (Å²) in [5.74, 6) is -0.325. The summed E-state index contributed by atoms with van der Waals surface area (Å²) >= 11 is 0. The maximum absolute atomic E-state index is 13.3. The lowest BCUT2D eigenvalue weighted by Gasteiger charge is -2.19. The van der Waals surface area contributed by atoms with E-state index < -0.39 is 29.7 Å². The molecule has 238 valence electrons. The zero-order valence-corrected chi connectivity index (χ0v) is 24.9. The minimum Gasteiger partial charge on any atom is -0.493 e. The Morgan fingerprint density at radius 3 is 2.25 bits per heavy atom. The smallest absolute Gasteiger partial charge is 0.306 e. The molecule has 44 heavy (non-hydrogen) atoms. The Bertz CT molecular complexity index is 1450. The van der Waals surface area contributed by atoms with Crippen LogP contribution in [0.3, 0.4) is 0 Å². The van der Waals surface area contributed by atoms with Gasteiger partial charge in [-0.25, -0.2) is 0 Å². The van der Waals surface area contributed by atoms with Gasteiger partial charge in [0.1, 0.15) is 19.8 Å². The normalized spacial score (nSPS) is 13.2. The maximum Gasteiger partial charge on any atom is 0.306 e. The van der Waals surface area contributed by atoms with Gasteiger partial charge in [-0.1, -0.05) is 6.07 Å². The monoisotopic (exact) mass is 617 g/mol. The topological polar surface area (TPSA) is 191 Å². The Balaban J connectivity index is 1.76. The predicted molar refractivity (Wildman–Crippen MR) is 155 cm³/mol. The standard InChI is InChI=1S/C29H35N3O12/c1-17(33)31-21-7-5-18-15-24(39-2)28(40-3)29(41-4)27(18)19-6-8-22(23(34)16-20(19)21)30-11-12-42-25(35)9-10-26(36)43-13-14-44-32(37)38/h6,8,15-16,21H,5,7,9-14H2,1-4H3,(H,30,34)(H,31,33)/t21-/m0/s1. The predicted octanol–water partition coefficient (Wildman–Crippen LogP) is 2.35. The average molecular weight is 618 g/mol. The first kappa shape index (κ1) is 33.4. The van der Waals surface area contributed by atoms with Gasteiger partial charge in [0.15, 0.2) is 11.5 Å². The lowest BCUT2D eigenvalue weighted by atomic mass is 9.95. The van der Waals surface area contributed by atoms with Gasteiger partial charge in [-0.3, -0.25) is 19.2 Å². The van der Waals surface area contributed by atoms with Gasteiger partial charge < -0.3 is 39.2 Å². The van der Waals surface area contributed by atoms with Crippen LogP contribution in [0.25, 0.3) is 11.1 Å². The molecule has 0 aromatic heterocycles. The van der Waals surface area contributed by atoms with E-state index in [9.17, 15) is 29.3 Å². The Morgan fingerprint density at radius 2 is 1.64 bits per heavy atom. The van der Waals surface area contributed by atoms with Gasteiger partial charge in [-0.2, -0.15) is 0 Å². The van der Waals surface area contributed by atoms with Crippen LogP contribution in [0.2, 0.25) is 0 Å². The third-order valence-corrected chi connectivity index (χ3v) is 6.67. The van der Waals surface area contributed by atoms with Gasteiger partial charge >= 0.3 is 11.9 Å². The van der Waals surface area contributed by atoms with Crippen molar-refractivity contribution in [2.24, 2.45) is 0 Å². The van der Waals surface area contributed by atoms with Crippen LogP contribution in [0.4, 0.5) is 5.69 Å². The molecule has 15 heteroatoms. The second kappa shape index (κ2) is 16.0. The van der Waals surface area contributed by atoms with Crippen LogP contribution in [-0.4, -0.2) is 70.6 Å². The molecule has 3 rings (SSSR count). The van der Waals surface area contributed by atoms with Gasteiger partial charge in [0.05, 0.1) is 45.9 Å².